The van der Waals surface area contributed by atoms with Crippen molar-refractivity contribution in [2.45, 2.75) is 186 Å². The minimum Gasteiger partial charge on any atom is -0.394 e. The molecule has 0 aromatic carbocycles. The molecule has 0 bridgehead atoms. The maximum Gasteiger partial charge on any atom is 0.190 e. The third kappa shape index (κ3) is 5.97. The molecule has 0 spiro atoms. The highest BCUT2D eigenvalue weighted by molar-refractivity contribution is 5.34. The second-order valence-corrected chi connectivity index (χ2v) is 20.0. The lowest BCUT2D eigenvalue weighted by molar-refractivity contribution is -0.398. The van der Waals surface area contributed by atoms with E-state index in [9.17, 15) is 46.0 Å². The Labute approximate surface area is 313 Å². The van der Waals surface area contributed by atoms with Gasteiger partial charge in [-0.15, -0.1) is 0 Å². The second-order valence-electron chi connectivity index (χ2n) is 20.0. The Hall–Kier alpha value is -0.780. The minimum absolute atomic E-state index is 0.0266. The number of allylic oxidation sites excluding steroid dienone is 2. The van der Waals surface area contributed by atoms with Crippen LogP contribution in [0.4, 0.5) is 0 Å². The van der Waals surface area contributed by atoms with E-state index in [4.69, 9.17) is 18.9 Å². The maximum absolute atomic E-state index is 12.5. The molecule has 7 unspecified atom stereocenters. The van der Waals surface area contributed by atoms with E-state index in [1.807, 2.05) is 0 Å². The van der Waals surface area contributed by atoms with Crippen molar-refractivity contribution in [2.75, 3.05) is 6.61 Å². The first-order chi connectivity index (χ1) is 24.6. The molecule has 7 rings (SSSR count). The molecule has 304 valence electrons. The Morgan fingerprint density at radius 2 is 1.40 bits per heavy atom. The zero-order chi connectivity index (χ0) is 38.8. The number of hydrogen-bond acceptors (Lipinski definition) is 13. The highest BCUT2D eigenvalue weighted by atomic mass is 16.8. The number of aliphatic hydroxyl groups is 9. The van der Waals surface area contributed by atoms with Crippen molar-refractivity contribution in [1.82, 2.24) is 0 Å². The Kier molecular flexibility index (Phi) is 10.2. The van der Waals surface area contributed by atoms with Gasteiger partial charge in [-0.1, -0.05) is 53.2 Å². The first-order valence-electron chi connectivity index (χ1n) is 20.0. The monoisotopic (exact) mass is 754 g/mol. The Balaban J connectivity index is 1.13. The summed E-state index contributed by atoms with van der Waals surface area (Å²) in [6, 6.07) is 0. The summed E-state index contributed by atoms with van der Waals surface area (Å²) in [7, 11) is 0. The molecule has 0 amide bonds. The third-order valence-corrected chi connectivity index (χ3v) is 16.6. The van der Waals surface area contributed by atoms with Gasteiger partial charge in [0.1, 0.15) is 42.7 Å². The van der Waals surface area contributed by atoms with Crippen molar-refractivity contribution >= 4 is 0 Å². The fraction of sp³-hybridized carbons (Fsp3) is 0.950. The van der Waals surface area contributed by atoms with Crippen molar-refractivity contribution in [3.8, 4) is 0 Å². The summed E-state index contributed by atoms with van der Waals surface area (Å²) in [4.78, 5) is 0. The summed E-state index contributed by atoms with van der Waals surface area (Å²) in [5.74, 6) is 0.449. The standard InChI is InChI=1S/C40H66O13/c1-35(2)16-20-19-8-9-22-37(4)12-11-25(40(7,49)23(37)10-13-39(22,6)38(19,5)15-14-36(20,3)24(42)17-35)51-34-31(28(45)29(46)32(48)53-34)52-33-30(47)27(44)26(43)21(18-41)50-33/h8,20-34,41-49H,9-18H2,1-7H3/t20?,21?,22?,23?,24-,25+,26+,27+,28+,29-,30?,31?,32?,33+,34-,36-,37-,38-,39-,40-/m1/s1. The summed E-state index contributed by atoms with van der Waals surface area (Å²) < 4.78 is 23.4. The third-order valence-electron chi connectivity index (χ3n) is 16.6. The summed E-state index contributed by atoms with van der Waals surface area (Å²) in [6.45, 7) is 15.2. The highest BCUT2D eigenvalue weighted by Crippen LogP contribution is 2.75. The van der Waals surface area contributed by atoms with Crippen LogP contribution in [0.3, 0.4) is 0 Å². The van der Waals surface area contributed by atoms with Crippen molar-refractivity contribution < 1.29 is 64.9 Å². The second kappa shape index (κ2) is 13.4. The molecule has 5 aliphatic carbocycles. The van der Waals surface area contributed by atoms with Gasteiger partial charge in [0.2, 0.25) is 0 Å². The van der Waals surface area contributed by atoms with Crippen molar-refractivity contribution in [2.24, 2.45) is 44.8 Å². The van der Waals surface area contributed by atoms with Crippen LogP contribution in [0.15, 0.2) is 11.6 Å². The van der Waals surface area contributed by atoms with Gasteiger partial charge in [-0.05, 0) is 104 Å². The number of ether oxygens (including phenoxy) is 4. The van der Waals surface area contributed by atoms with E-state index in [0.717, 1.165) is 51.4 Å². The predicted octanol–water partition coefficient (Wildman–Crippen LogP) is 1.47. The Morgan fingerprint density at radius 3 is 2.08 bits per heavy atom. The molecule has 9 N–H and O–H groups in total. The normalized spacial score (nSPS) is 58.0. The lowest BCUT2D eigenvalue weighted by atomic mass is 9.34. The lowest BCUT2D eigenvalue weighted by Gasteiger charge is -2.71. The summed E-state index contributed by atoms with van der Waals surface area (Å²) in [6.07, 6.45) is -7.66. The fourth-order valence-corrected chi connectivity index (χ4v) is 13.1. The topological polar surface area (TPSA) is 219 Å². The van der Waals surface area contributed by atoms with E-state index < -0.39 is 79.9 Å². The van der Waals surface area contributed by atoms with Crippen LogP contribution in [-0.4, -0.2) is 132 Å². The van der Waals surface area contributed by atoms with Gasteiger partial charge in [0.25, 0.3) is 0 Å². The summed E-state index contributed by atoms with van der Waals surface area (Å²) in [5.41, 5.74) is -0.228. The van der Waals surface area contributed by atoms with E-state index in [1.165, 1.54) is 5.57 Å². The molecule has 2 aliphatic heterocycles. The van der Waals surface area contributed by atoms with E-state index in [-0.39, 0.29) is 45.0 Å². The van der Waals surface area contributed by atoms with Crippen LogP contribution in [0, 0.1) is 44.8 Å². The van der Waals surface area contributed by atoms with Gasteiger partial charge in [0, 0.05) is 5.41 Å². The number of fused-ring (bicyclic) bond motifs is 7. The SMILES string of the molecule is CC1(C)CC2C3=CCC4[C@@]5(C)CC[C@H](O[C@@H]6OC(O)[C@H](O)[C@H](O)C6O[C@@H]6OC(CO)[C@H](O)[C@H](O)C6O)[C@](C)(O)C5CC[C@@]4(C)[C@]3(C)CC[C@@]2(C)[C@H](O)C1. The van der Waals surface area contributed by atoms with Gasteiger partial charge in [-0.2, -0.15) is 0 Å². The van der Waals surface area contributed by atoms with Crippen LogP contribution in [0.25, 0.3) is 0 Å². The first kappa shape index (κ1) is 40.4. The van der Waals surface area contributed by atoms with Crippen molar-refractivity contribution in [3.05, 3.63) is 11.6 Å². The Bertz CT molecular complexity index is 1400. The van der Waals surface area contributed by atoms with Gasteiger partial charge >= 0.3 is 0 Å². The van der Waals surface area contributed by atoms with Crippen LogP contribution in [0.5, 0.6) is 0 Å². The highest BCUT2D eigenvalue weighted by Gasteiger charge is 2.69. The molecule has 13 heteroatoms. The molecular weight excluding hydrogens is 688 g/mol. The van der Waals surface area contributed by atoms with E-state index in [1.54, 1.807) is 6.92 Å². The molecule has 0 aromatic heterocycles. The molecule has 13 nitrogen and oxygen atoms in total. The van der Waals surface area contributed by atoms with Crippen LogP contribution >= 0.6 is 0 Å². The molecule has 4 saturated carbocycles. The lowest BCUT2D eigenvalue weighted by Crippen LogP contribution is -2.68. The zero-order valence-corrected chi connectivity index (χ0v) is 32.5. The average Bonchev–Trinajstić information content (AvgIpc) is 3.07. The summed E-state index contributed by atoms with van der Waals surface area (Å²) in [5, 5.41) is 97.0. The molecule has 6 fully saturated rings. The molecule has 20 atom stereocenters. The number of hydrogen-bond donors (Lipinski definition) is 9. The van der Waals surface area contributed by atoms with Crippen LogP contribution in [0.1, 0.15) is 106 Å². The van der Waals surface area contributed by atoms with Crippen LogP contribution in [-0.2, 0) is 18.9 Å². The maximum atomic E-state index is 12.5. The predicted molar refractivity (Wildman–Crippen MR) is 189 cm³/mol. The summed E-state index contributed by atoms with van der Waals surface area (Å²) >= 11 is 0. The van der Waals surface area contributed by atoms with Gasteiger partial charge in [-0.3, -0.25) is 0 Å². The fourth-order valence-electron chi connectivity index (χ4n) is 13.1. The largest absolute Gasteiger partial charge is 0.394 e. The van der Waals surface area contributed by atoms with Crippen molar-refractivity contribution in [3.63, 3.8) is 0 Å². The van der Waals surface area contributed by atoms with Gasteiger partial charge in [-0.25, -0.2) is 0 Å². The van der Waals surface area contributed by atoms with E-state index in [0.29, 0.717) is 12.3 Å². The van der Waals surface area contributed by atoms with Gasteiger partial charge < -0.3 is 64.9 Å². The van der Waals surface area contributed by atoms with E-state index >= 15 is 0 Å². The minimum atomic E-state index is -1.85. The van der Waals surface area contributed by atoms with E-state index in [2.05, 4.69) is 47.6 Å². The first-order valence-corrected chi connectivity index (χ1v) is 20.0. The average molecular weight is 755 g/mol. The van der Waals surface area contributed by atoms with Crippen molar-refractivity contribution in [1.29, 1.82) is 0 Å². The molecule has 2 saturated heterocycles. The molecule has 0 radical (unpaired) electrons. The van der Waals surface area contributed by atoms with Gasteiger partial charge in [0.15, 0.2) is 18.9 Å². The number of aliphatic hydroxyl groups excluding tert-OH is 8. The van der Waals surface area contributed by atoms with Crippen LogP contribution in [0.2, 0.25) is 0 Å². The zero-order valence-electron chi connectivity index (χ0n) is 32.5. The molecule has 2 heterocycles. The smallest absolute Gasteiger partial charge is 0.190 e. The van der Waals surface area contributed by atoms with Crippen LogP contribution < -0.4 is 0 Å². The molecule has 0 aromatic rings. The molecular formula is C40H66O13. The quantitative estimate of drug-likeness (QED) is 0.144. The Morgan fingerprint density at radius 1 is 0.698 bits per heavy atom. The molecule has 7 aliphatic rings. The molecule has 53 heavy (non-hydrogen) atoms. The number of rotatable bonds is 5. The van der Waals surface area contributed by atoms with Gasteiger partial charge in [0.05, 0.1) is 24.4 Å².